The van der Waals surface area contributed by atoms with Crippen molar-refractivity contribution in [3.05, 3.63) is 77.7 Å². The van der Waals surface area contributed by atoms with Crippen LogP contribution in [0.1, 0.15) is 17.0 Å². The number of amides is 2. The molecule has 150 valence electrons. The first-order valence-corrected chi connectivity index (χ1v) is 10.2. The Kier molecular flexibility index (Phi) is 6.03. The molecule has 1 aromatic carbocycles. The van der Waals surface area contributed by atoms with Crippen molar-refractivity contribution in [2.75, 3.05) is 9.62 Å². The molecule has 29 heavy (non-hydrogen) atoms. The van der Waals surface area contributed by atoms with E-state index >= 15 is 0 Å². The number of nitrogens with zero attached hydrogens (tertiary/aromatic N) is 4. The summed E-state index contributed by atoms with van der Waals surface area (Å²) in [5.41, 5.74) is 2.03. The number of aryl methyl sites for hydroxylation is 2. The normalized spacial score (nSPS) is 11.0. The van der Waals surface area contributed by atoms with E-state index in [1.54, 1.807) is 62.4 Å². The van der Waals surface area contributed by atoms with Gasteiger partial charge in [0, 0.05) is 17.6 Å². The predicted molar refractivity (Wildman–Crippen MR) is 109 cm³/mol. The number of hydrogen-bond acceptors (Lipinski definition) is 6. The summed E-state index contributed by atoms with van der Waals surface area (Å²) in [6.45, 7) is 3.49. The van der Waals surface area contributed by atoms with E-state index in [0.717, 1.165) is 9.87 Å². The molecule has 2 heterocycles. The Bertz CT molecular complexity index is 1070. The Morgan fingerprint density at radius 2 is 1.66 bits per heavy atom. The average Bonchev–Trinajstić information content (AvgIpc) is 2.66. The van der Waals surface area contributed by atoms with Gasteiger partial charge in [0.1, 0.15) is 5.82 Å². The molecule has 0 fully saturated rings. The lowest BCUT2D eigenvalue weighted by Gasteiger charge is -2.23. The first-order chi connectivity index (χ1) is 13.8. The predicted octanol–water partition coefficient (Wildman–Crippen LogP) is 2.56. The monoisotopic (exact) mass is 412 g/mol. The third-order valence-corrected chi connectivity index (χ3v) is 5.13. The van der Waals surface area contributed by atoms with E-state index in [1.807, 2.05) is 10.8 Å². The quantitative estimate of drug-likeness (QED) is 0.643. The zero-order valence-electron chi connectivity index (χ0n) is 15.9. The van der Waals surface area contributed by atoms with Gasteiger partial charge in [-0.1, -0.05) is 36.4 Å². The van der Waals surface area contributed by atoms with E-state index in [9.17, 15) is 13.2 Å². The zero-order valence-corrected chi connectivity index (χ0v) is 16.7. The minimum absolute atomic E-state index is 0.000516. The van der Waals surface area contributed by atoms with Crippen molar-refractivity contribution in [2.24, 2.45) is 0 Å². The van der Waals surface area contributed by atoms with E-state index < -0.39 is 16.2 Å². The fraction of sp³-hybridized carbons (Fsp3) is 0.158. The lowest BCUT2D eigenvalue weighted by atomic mass is 10.2. The lowest BCUT2D eigenvalue weighted by molar-refractivity contribution is 0.256. The Labute approximate surface area is 169 Å². The van der Waals surface area contributed by atoms with Crippen molar-refractivity contribution < 1.29 is 13.2 Å². The number of benzene rings is 1. The number of rotatable bonds is 6. The van der Waals surface area contributed by atoms with Gasteiger partial charge >= 0.3 is 16.2 Å². The number of urea groups is 1. The summed E-state index contributed by atoms with van der Waals surface area (Å²) in [7, 11) is -4.26. The van der Waals surface area contributed by atoms with E-state index in [2.05, 4.69) is 20.3 Å². The van der Waals surface area contributed by atoms with Crippen molar-refractivity contribution in [1.29, 1.82) is 0 Å². The second-order valence-corrected chi connectivity index (χ2v) is 7.81. The number of hydrogen-bond donors (Lipinski definition) is 2. The van der Waals surface area contributed by atoms with Crippen LogP contribution in [0.2, 0.25) is 0 Å². The average molecular weight is 412 g/mol. The molecule has 0 aliphatic rings. The van der Waals surface area contributed by atoms with E-state index in [1.165, 1.54) is 6.20 Å². The van der Waals surface area contributed by atoms with Gasteiger partial charge < -0.3 is 0 Å². The van der Waals surface area contributed by atoms with Crippen LogP contribution in [-0.4, -0.2) is 29.4 Å². The molecule has 2 N–H and O–H groups in total. The summed E-state index contributed by atoms with van der Waals surface area (Å²) in [4.78, 5) is 24.6. The van der Waals surface area contributed by atoms with Crippen LogP contribution in [0.25, 0.3) is 0 Å². The first kappa shape index (κ1) is 20.2. The number of carbonyl (C=O) groups excluding carboxylic acids is 1. The largest absolute Gasteiger partial charge is 0.336 e. The number of pyridine rings is 1. The number of anilines is 2. The number of nitrogens with one attached hydrogen (secondary N) is 2. The smallest absolute Gasteiger partial charge is 0.275 e. The van der Waals surface area contributed by atoms with Crippen LogP contribution in [-0.2, 0) is 16.8 Å². The van der Waals surface area contributed by atoms with E-state index in [-0.39, 0.29) is 18.3 Å². The molecule has 10 heteroatoms. The van der Waals surface area contributed by atoms with Crippen LogP contribution in [0.5, 0.6) is 0 Å². The molecule has 3 aromatic rings. The van der Waals surface area contributed by atoms with Crippen molar-refractivity contribution in [3.8, 4) is 0 Å². The highest BCUT2D eigenvalue weighted by Crippen LogP contribution is 2.17. The van der Waals surface area contributed by atoms with Crippen molar-refractivity contribution in [2.45, 2.75) is 20.4 Å². The highest BCUT2D eigenvalue weighted by Gasteiger charge is 2.26. The van der Waals surface area contributed by atoms with Gasteiger partial charge in [-0.15, -0.1) is 0 Å². The Hall–Kier alpha value is -3.53. The standard InChI is InChI=1S/C19H20N6O3S/c1-14-12-15(2)22-18(21-14)23-19(26)24-29(27,28)25(17-10-6-7-11-20-17)13-16-8-4-3-5-9-16/h3-12H,13H2,1-2H3,(H2,21,22,23,24,26). The highest BCUT2D eigenvalue weighted by atomic mass is 32.2. The Morgan fingerprint density at radius 1 is 1.00 bits per heavy atom. The maximum absolute atomic E-state index is 12.9. The first-order valence-electron chi connectivity index (χ1n) is 8.72. The van der Waals surface area contributed by atoms with E-state index in [4.69, 9.17) is 0 Å². The van der Waals surface area contributed by atoms with Crippen LogP contribution in [0.4, 0.5) is 16.6 Å². The molecular formula is C19H20N6O3S. The van der Waals surface area contributed by atoms with Gasteiger partial charge in [-0.25, -0.2) is 28.8 Å². The summed E-state index contributed by atoms with van der Waals surface area (Å²) >= 11 is 0. The number of carbonyl (C=O) groups is 1. The molecular weight excluding hydrogens is 392 g/mol. The highest BCUT2D eigenvalue weighted by molar-refractivity contribution is 7.91. The molecule has 0 aliphatic heterocycles. The molecule has 0 bridgehead atoms. The lowest BCUT2D eigenvalue weighted by Crippen LogP contribution is -2.45. The second-order valence-electron chi connectivity index (χ2n) is 6.22. The molecule has 2 amide bonds. The summed E-state index contributed by atoms with van der Waals surface area (Å²) in [5.74, 6) is 0.196. The van der Waals surface area contributed by atoms with Gasteiger partial charge in [-0.05, 0) is 37.6 Å². The van der Waals surface area contributed by atoms with Gasteiger partial charge in [0.2, 0.25) is 5.95 Å². The molecule has 0 radical (unpaired) electrons. The minimum Gasteiger partial charge on any atom is -0.275 e. The zero-order chi connectivity index (χ0) is 20.9. The molecule has 0 unspecified atom stereocenters. The molecule has 2 aromatic heterocycles. The van der Waals surface area contributed by atoms with Crippen molar-refractivity contribution >= 4 is 28.0 Å². The fourth-order valence-corrected chi connectivity index (χ4v) is 3.69. The molecule has 0 saturated heterocycles. The fourth-order valence-electron chi connectivity index (χ4n) is 2.62. The van der Waals surface area contributed by atoms with Crippen LogP contribution >= 0.6 is 0 Å². The molecule has 0 atom stereocenters. The topological polar surface area (TPSA) is 117 Å². The van der Waals surface area contributed by atoms with Gasteiger partial charge in [-0.2, -0.15) is 8.42 Å². The maximum atomic E-state index is 12.9. The van der Waals surface area contributed by atoms with Crippen LogP contribution in [0, 0.1) is 13.8 Å². The van der Waals surface area contributed by atoms with Crippen molar-refractivity contribution in [3.63, 3.8) is 0 Å². The maximum Gasteiger partial charge on any atom is 0.336 e. The summed E-state index contributed by atoms with van der Waals surface area (Å²) in [6.07, 6.45) is 1.48. The molecule has 3 rings (SSSR count). The van der Waals surface area contributed by atoms with E-state index in [0.29, 0.717) is 11.4 Å². The molecule has 9 nitrogen and oxygen atoms in total. The summed E-state index contributed by atoms with van der Waals surface area (Å²) in [6, 6.07) is 14.7. The van der Waals surface area contributed by atoms with Gasteiger partial charge in [0.15, 0.2) is 0 Å². The van der Waals surface area contributed by atoms with Crippen LogP contribution in [0.3, 0.4) is 0 Å². The Morgan fingerprint density at radius 3 is 2.28 bits per heavy atom. The van der Waals surface area contributed by atoms with Crippen LogP contribution in [0.15, 0.2) is 60.8 Å². The summed E-state index contributed by atoms with van der Waals surface area (Å²) in [5, 5.41) is 2.35. The molecule has 0 spiro atoms. The molecule has 0 saturated carbocycles. The van der Waals surface area contributed by atoms with Crippen LogP contribution < -0.4 is 14.3 Å². The number of aromatic nitrogens is 3. The molecule has 0 aliphatic carbocycles. The van der Waals surface area contributed by atoms with Gasteiger partial charge in [0.05, 0.1) is 6.54 Å². The SMILES string of the molecule is Cc1cc(C)nc(NC(=O)NS(=O)(=O)N(Cc2ccccc2)c2ccccn2)n1. The summed E-state index contributed by atoms with van der Waals surface area (Å²) < 4.78 is 28.9. The van der Waals surface area contributed by atoms with Gasteiger partial charge in [0.25, 0.3) is 0 Å². The third kappa shape index (κ3) is 5.48. The van der Waals surface area contributed by atoms with Crippen molar-refractivity contribution in [1.82, 2.24) is 19.7 Å². The second kappa shape index (κ2) is 8.65. The minimum atomic E-state index is -4.26. The third-order valence-electron chi connectivity index (χ3n) is 3.79. The van der Waals surface area contributed by atoms with Gasteiger partial charge in [-0.3, -0.25) is 5.32 Å². The Balaban J connectivity index is 1.83.